The Hall–Kier alpha value is -5.65. The molecule has 18 heteroatoms. The molecule has 16 nitrogen and oxygen atoms in total. The molecule has 6 heterocycles. The third kappa shape index (κ3) is 8.89. The zero-order chi connectivity index (χ0) is 45.7. The van der Waals surface area contributed by atoms with Crippen LogP contribution in [0.5, 0.6) is 5.75 Å². The van der Waals surface area contributed by atoms with Gasteiger partial charge >= 0.3 is 0 Å². The van der Waals surface area contributed by atoms with Gasteiger partial charge in [0, 0.05) is 66.9 Å². The zero-order valence-corrected chi connectivity index (χ0v) is 37.8. The summed E-state index contributed by atoms with van der Waals surface area (Å²) in [4.78, 5) is 77.9. The van der Waals surface area contributed by atoms with Gasteiger partial charge in [-0.15, -0.1) is 0 Å². The lowest BCUT2D eigenvalue weighted by molar-refractivity contribution is -0.137. The second kappa shape index (κ2) is 18.3. The van der Waals surface area contributed by atoms with Crippen LogP contribution in [0.1, 0.15) is 106 Å². The van der Waals surface area contributed by atoms with E-state index < -0.39 is 11.9 Å². The number of hydrogen-bond donors (Lipinski definition) is 3. The maximum absolute atomic E-state index is 16.1. The molecule has 1 aliphatic carbocycles. The molecule has 65 heavy (non-hydrogen) atoms. The van der Waals surface area contributed by atoms with Crippen LogP contribution in [0.3, 0.4) is 0 Å². The average Bonchev–Trinajstić information content (AvgIpc) is 3.61. The van der Waals surface area contributed by atoms with Crippen LogP contribution in [0.25, 0.3) is 10.9 Å². The summed E-state index contributed by atoms with van der Waals surface area (Å²) in [6.45, 7) is 8.13. The predicted molar refractivity (Wildman–Crippen MR) is 242 cm³/mol. The maximum Gasteiger partial charge on any atom is 0.293 e. The Kier molecular flexibility index (Phi) is 12.6. The van der Waals surface area contributed by atoms with E-state index in [-0.39, 0.29) is 91.1 Å². The van der Waals surface area contributed by atoms with Crippen LogP contribution in [0.2, 0.25) is 5.02 Å². The lowest BCUT2D eigenvalue weighted by Gasteiger charge is -2.49. The minimum atomic E-state index is -0.774. The summed E-state index contributed by atoms with van der Waals surface area (Å²) in [5, 5.41) is 9.24. The molecular formula is C47H55ClFN9O7. The van der Waals surface area contributed by atoms with Crippen molar-refractivity contribution < 1.29 is 33.0 Å². The molecule has 344 valence electrons. The SMILES string of the molecule is CNC(=O)COc1cc2cc(Nc3nc(N4CCC(OC5CC(N6CC[C@H](c7ccc8c(c7F)CN([C@H]7CCC(=O)NC7=O)C8=O)C[C@@H]6C)C5)CC4)ncc3Cl)ccc2n(C(C)C)c1=O. The van der Waals surface area contributed by atoms with E-state index in [1.165, 1.54) is 11.9 Å². The highest BCUT2D eigenvalue weighted by molar-refractivity contribution is 6.33. The third-order valence-electron chi connectivity index (χ3n) is 13.8. The number of likely N-dealkylation sites (tertiary alicyclic amines) is 1. The van der Waals surface area contributed by atoms with E-state index >= 15 is 4.39 Å². The molecule has 4 amide bonds. The summed E-state index contributed by atoms with van der Waals surface area (Å²) >= 11 is 6.60. The number of aromatic nitrogens is 3. The number of fused-ring (bicyclic) bond motifs is 2. The van der Waals surface area contributed by atoms with Crippen LogP contribution in [-0.4, -0.2) is 112 Å². The van der Waals surface area contributed by atoms with Crippen molar-refractivity contribution in [2.24, 2.45) is 0 Å². The number of imide groups is 1. The summed E-state index contributed by atoms with van der Waals surface area (Å²) in [6, 6.07) is 10.5. The number of likely N-dealkylation sites (N-methyl/N-ethyl adjacent to an activating group) is 1. The van der Waals surface area contributed by atoms with Crippen LogP contribution in [0, 0.1) is 5.82 Å². The fourth-order valence-corrected chi connectivity index (χ4v) is 10.4. The first kappa shape index (κ1) is 44.5. The molecule has 1 saturated carbocycles. The molecule has 5 aliphatic rings. The zero-order valence-electron chi connectivity index (χ0n) is 37.1. The lowest BCUT2D eigenvalue weighted by Crippen LogP contribution is -2.55. The van der Waals surface area contributed by atoms with Gasteiger partial charge in [0.1, 0.15) is 16.9 Å². The molecule has 4 aromatic rings. The van der Waals surface area contributed by atoms with E-state index in [1.54, 1.807) is 29.0 Å². The van der Waals surface area contributed by atoms with Crippen LogP contribution in [0.4, 0.5) is 21.8 Å². The summed E-state index contributed by atoms with van der Waals surface area (Å²) in [7, 11) is 1.51. The number of benzene rings is 2. The Balaban J connectivity index is 0.757. The van der Waals surface area contributed by atoms with Gasteiger partial charge in [-0.1, -0.05) is 17.7 Å². The number of carbonyl (C=O) groups excluding carboxylic acids is 4. The van der Waals surface area contributed by atoms with Gasteiger partial charge in [0.25, 0.3) is 17.4 Å². The van der Waals surface area contributed by atoms with E-state index in [1.807, 2.05) is 32.0 Å². The largest absolute Gasteiger partial charge is 0.478 e. The first-order chi connectivity index (χ1) is 31.3. The number of amides is 4. The minimum Gasteiger partial charge on any atom is -0.478 e. The highest BCUT2D eigenvalue weighted by atomic mass is 35.5. The van der Waals surface area contributed by atoms with Gasteiger partial charge < -0.3 is 34.5 Å². The van der Waals surface area contributed by atoms with E-state index in [4.69, 9.17) is 26.1 Å². The number of anilines is 3. The predicted octanol–water partition coefficient (Wildman–Crippen LogP) is 5.58. The number of hydrogen-bond acceptors (Lipinski definition) is 12. The Labute approximate surface area is 381 Å². The van der Waals surface area contributed by atoms with Crippen LogP contribution < -0.4 is 31.1 Å². The van der Waals surface area contributed by atoms with Crippen molar-refractivity contribution in [2.45, 2.75) is 121 Å². The summed E-state index contributed by atoms with van der Waals surface area (Å²) in [6.07, 6.45) is 7.56. The fourth-order valence-electron chi connectivity index (χ4n) is 10.3. The minimum absolute atomic E-state index is 0.0300. The summed E-state index contributed by atoms with van der Waals surface area (Å²) < 4.78 is 30.0. The second-order valence-electron chi connectivity index (χ2n) is 18.3. The molecular weight excluding hydrogens is 857 g/mol. The van der Waals surface area contributed by atoms with Gasteiger partial charge in [-0.25, -0.2) is 9.37 Å². The first-order valence-electron chi connectivity index (χ1n) is 22.7. The lowest BCUT2D eigenvalue weighted by atomic mass is 9.80. The van der Waals surface area contributed by atoms with E-state index in [9.17, 15) is 24.0 Å². The van der Waals surface area contributed by atoms with Crippen LogP contribution in [-0.2, 0) is 25.7 Å². The van der Waals surface area contributed by atoms with Gasteiger partial charge in [-0.2, -0.15) is 4.98 Å². The van der Waals surface area contributed by atoms with Gasteiger partial charge in [-0.05, 0) is 114 Å². The van der Waals surface area contributed by atoms with Gasteiger partial charge in [0.2, 0.25) is 17.8 Å². The van der Waals surface area contributed by atoms with Gasteiger partial charge in [0.15, 0.2) is 18.2 Å². The normalized spacial score (nSPS) is 24.0. The standard InChI is InChI=1S/C47H55ClFN9O7/c1-25(2)58-37-8-5-29(18-28(37)19-39(46(58)63)64-24-41(60)50-4)52-43-36(48)22-51-47(54-43)55-14-12-31(13-15-55)65-32-20-30(21-32)56-16-11-27(17-26(56)3)33-6-7-34-35(42(33)49)23-57(45(34)62)38-9-10-40(59)53-44(38)61/h5-8,18-19,22,25-27,30-32,38H,9-17,20-21,23-24H2,1-4H3,(H,50,60)(H,51,52,54)(H,53,59,61)/t26-,27-,30?,32?,38-/m0/s1. The topological polar surface area (TPSA) is 180 Å². The molecule has 9 rings (SSSR count). The molecule has 3 N–H and O–H groups in total. The van der Waals surface area contributed by atoms with Crippen LogP contribution >= 0.6 is 11.6 Å². The smallest absolute Gasteiger partial charge is 0.293 e. The first-order valence-corrected chi connectivity index (χ1v) is 23.1. The maximum atomic E-state index is 16.1. The Morgan fingerprint density at radius 1 is 1.00 bits per heavy atom. The molecule has 0 bridgehead atoms. The molecule has 0 spiro atoms. The van der Waals surface area contributed by atoms with E-state index in [2.05, 4.69) is 37.7 Å². The Morgan fingerprint density at radius 2 is 1.78 bits per heavy atom. The highest BCUT2D eigenvalue weighted by Crippen LogP contribution is 2.41. The molecule has 3 saturated heterocycles. The van der Waals surface area contributed by atoms with E-state index in [0.717, 1.165) is 69.1 Å². The molecule has 0 unspecified atom stereocenters. The highest BCUT2D eigenvalue weighted by Gasteiger charge is 2.43. The monoisotopic (exact) mass is 911 g/mol. The van der Waals surface area contributed by atoms with Gasteiger partial charge in [0.05, 0.1) is 30.5 Å². The van der Waals surface area contributed by atoms with Crippen molar-refractivity contribution in [3.8, 4) is 5.75 Å². The number of rotatable bonds is 12. The van der Waals surface area contributed by atoms with Crippen molar-refractivity contribution in [2.75, 3.05) is 43.5 Å². The molecule has 4 aliphatic heterocycles. The molecule has 2 aromatic carbocycles. The number of nitrogens with one attached hydrogen (secondary N) is 3. The molecule has 2 aromatic heterocycles. The number of ether oxygens (including phenoxy) is 2. The van der Waals surface area contributed by atoms with Gasteiger partial charge in [-0.3, -0.25) is 34.2 Å². The van der Waals surface area contributed by atoms with Crippen molar-refractivity contribution in [3.63, 3.8) is 0 Å². The summed E-state index contributed by atoms with van der Waals surface area (Å²) in [5.41, 5.74) is 2.40. The number of pyridine rings is 1. The van der Waals surface area contributed by atoms with Crippen LogP contribution in [0.15, 0.2) is 47.4 Å². The Morgan fingerprint density at radius 3 is 2.51 bits per heavy atom. The quantitative estimate of drug-likeness (QED) is 0.151. The van der Waals surface area contributed by atoms with Crippen molar-refractivity contribution in [1.82, 2.24) is 35.0 Å². The second-order valence-corrected chi connectivity index (χ2v) is 18.7. The van der Waals surface area contributed by atoms with E-state index in [0.29, 0.717) is 45.2 Å². The average molecular weight is 912 g/mol. The third-order valence-corrected chi connectivity index (χ3v) is 14.1. The molecule has 0 radical (unpaired) electrons. The number of halogens is 2. The number of carbonyl (C=O) groups is 4. The molecule has 3 atom stereocenters. The number of nitrogens with zero attached hydrogens (tertiary/aromatic N) is 6. The number of piperidine rings is 3. The molecule has 4 fully saturated rings. The van der Waals surface area contributed by atoms with Crippen molar-refractivity contribution in [1.29, 1.82) is 0 Å². The van der Waals surface area contributed by atoms with Crippen molar-refractivity contribution in [3.05, 3.63) is 80.5 Å². The fraction of sp³-hybridized carbons (Fsp3) is 0.511. The summed E-state index contributed by atoms with van der Waals surface area (Å²) in [5.74, 6) is -0.764. The van der Waals surface area contributed by atoms with Crippen molar-refractivity contribution >= 4 is 63.6 Å². The Bertz CT molecular complexity index is 2590.